The largest absolute Gasteiger partial charge is 0.393 e. The highest BCUT2D eigenvalue weighted by Gasteiger charge is 2.41. The van der Waals surface area contributed by atoms with Crippen LogP contribution in [0.15, 0.2) is 0 Å². The van der Waals surface area contributed by atoms with Crippen molar-refractivity contribution in [3.05, 3.63) is 0 Å². The summed E-state index contributed by atoms with van der Waals surface area (Å²) in [4.78, 5) is 21.8. The molecular formula is C13H25NO5. The Kier molecular flexibility index (Phi) is 6.00. The molecule has 0 radical (unpaired) electrons. The number of fused-ring (bicyclic) bond motifs is 2. The lowest BCUT2D eigenvalue weighted by molar-refractivity contribution is -0.286. The molecule has 0 spiro atoms. The third kappa shape index (κ3) is 4.11. The Balaban J connectivity index is 1.88. The van der Waals surface area contributed by atoms with E-state index in [1.54, 1.807) is 7.11 Å². The Morgan fingerprint density at radius 2 is 1.63 bits per heavy atom. The zero-order valence-electron chi connectivity index (χ0n) is 11.8. The van der Waals surface area contributed by atoms with Gasteiger partial charge >= 0.3 is 0 Å². The van der Waals surface area contributed by atoms with Crippen molar-refractivity contribution >= 4 is 0 Å². The molecule has 2 unspecified atom stereocenters. The molecule has 2 bridgehead atoms. The molecule has 2 saturated heterocycles. The van der Waals surface area contributed by atoms with Crippen LogP contribution in [0.25, 0.3) is 0 Å². The van der Waals surface area contributed by atoms with E-state index < -0.39 is 0 Å². The fraction of sp³-hybridized carbons (Fsp3) is 1.00. The smallest absolute Gasteiger partial charge is 0.0949 e. The highest BCUT2D eigenvalue weighted by molar-refractivity contribution is 4.95. The summed E-state index contributed by atoms with van der Waals surface area (Å²) in [5.41, 5.74) is 0. The van der Waals surface area contributed by atoms with Crippen molar-refractivity contribution in [3.8, 4) is 0 Å². The van der Waals surface area contributed by atoms with Crippen LogP contribution in [0.4, 0.5) is 0 Å². The number of aliphatic hydroxyl groups excluding tert-OH is 1. The molecule has 0 aliphatic carbocycles. The maximum absolute atomic E-state index is 9.93. The highest BCUT2D eigenvalue weighted by atomic mass is 17.2. The van der Waals surface area contributed by atoms with E-state index in [4.69, 9.17) is 14.7 Å². The molecule has 2 fully saturated rings. The predicted octanol–water partition coefficient (Wildman–Crippen LogP) is 0.746. The molecule has 0 aromatic heterocycles. The fourth-order valence-corrected chi connectivity index (χ4v) is 3.51. The number of piperidine rings is 2. The molecule has 0 aromatic carbocycles. The second-order valence-corrected chi connectivity index (χ2v) is 5.45. The number of nitrogens with zero attached hydrogens (tertiary/aromatic N) is 1. The van der Waals surface area contributed by atoms with E-state index in [0.29, 0.717) is 31.2 Å². The summed E-state index contributed by atoms with van der Waals surface area (Å²) in [5.74, 6) is 0.516. The van der Waals surface area contributed by atoms with Gasteiger partial charge in [-0.3, -0.25) is 4.90 Å². The van der Waals surface area contributed by atoms with Crippen LogP contribution in [0.5, 0.6) is 0 Å². The van der Waals surface area contributed by atoms with Gasteiger partial charge in [0.25, 0.3) is 0 Å². The van der Waals surface area contributed by atoms with Gasteiger partial charge in [-0.05, 0) is 31.6 Å². The fourth-order valence-electron chi connectivity index (χ4n) is 3.51. The summed E-state index contributed by atoms with van der Waals surface area (Å²) >= 11 is 0. The molecule has 6 heteroatoms. The minimum Gasteiger partial charge on any atom is -0.393 e. The molecule has 6 nitrogen and oxygen atoms in total. The highest BCUT2D eigenvalue weighted by Crippen LogP contribution is 2.37. The van der Waals surface area contributed by atoms with E-state index in [1.165, 1.54) is 7.11 Å². The van der Waals surface area contributed by atoms with E-state index in [9.17, 15) is 5.11 Å². The van der Waals surface area contributed by atoms with Gasteiger partial charge in [-0.25, -0.2) is 19.6 Å². The van der Waals surface area contributed by atoms with Gasteiger partial charge in [-0.1, -0.05) is 0 Å². The monoisotopic (exact) mass is 275 g/mol. The van der Waals surface area contributed by atoms with Gasteiger partial charge in [0.1, 0.15) is 0 Å². The maximum Gasteiger partial charge on any atom is 0.0949 e. The Morgan fingerprint density at radius 3 is 2.21 bits per heavy atom. The molecule has 19 heavy (non-hydrogen) atoms. The predicted molar refractivity (Wildman–Crippen MR) is 68.2 cm³/mol. The standard InChI is InChI=1S/C13H25NO5/c1-16-18-4-3-14-11-5-10(9-19-17-2)6-12(14)8-13(15)7-11/h10-13,15H,3-9H2,1-2H3. The molecule has 2 heterocycles. The first-order valence-electron chi connectivity index (χ1n) is 6.99. The van der Waals surface area contributed by atoms with Crippen LogP contribution in [0.2, 0.25) is 0 Å². The Bertz CT molecular complexity index is 249. The van der Waals surface area contributed by atoms with Crippen LogP contribution in [-0.4, -0.2) is 62.2 Å². The van der Waals surface area contributed by atoms with Gasteiger partial charge in [0.15, 0.2) is 0 Å². The van der Waals surface area contributed by atoms with Gasteiger partial charge in [0.2, 0.25) is 0 Å². The second kappa shape index (κ2) is 7.52. The number of aliphatic hydroxyl groups is 1. The summed E-state index contributed by atoms with van der Waals surface area (Å²) < 4.78 is 0. The van der Waals surface area contributed by atoms with Crippen molar-refractivity contribution in [2.75, 3.05) is 34.0 Å². The van der Waals surface area contributed by atoms with E-state index in [1.807, 2.05) is 0 Å². The van der Waals surface area contributed by atoms with E-state index in [0.717, 1.165) is 32.2 Å². The third-order valence-corrected chi connectivity index (χ3v) is 4.21. The van der Waals surface area contributed by atoms with Crippen molar-refractivity contribution in [2.24, 2.45) is 5.92 Å². The van der Waals surface area contributed by atoms with Crippen LogP contribution >= 0.6 is 0 Å². The Hall–Kier alpha value is -0.240. The summed E-state index contributed by atoms with van der Waals surface area (Å²) in [6.45, 7) is 2.06. The lowest BCUT2D eigenvalue weighted by Gasteiger charge is -2.50. The molecule has 2 aliphatic heterocycles. The summed E-state index contributed by atoms with van der Waals surface area (Å²) in [6, 6.07) is 0.821. The molecule has 0 aromatic rings. The normalized spacial score (nSPS) is 35.5. The van der Waals surface area contributed by atoms with Crippen molar-refractivity contribution in [1.82, 2.24) is 4.90 Å². The minimum absolute atomic E-state index is 0.168. The van der Waals surface area contributed by atoms with E-state index in [-0.39, 0.29) is 6.10 Å². The van der Waals surface area contributed by atoms with Gasteiger partial charge in [0, 0.05) is 18.6 Å². The Morgan fingerprint density at radius 1 is 1.00 bits per heavy atom. The lowest BCUT2D eigenvalue weighted by Crippen LogP contribution is -2.56. The summed E-state index contributed by atoms with van der Waals surface area (Å²) in [7, 11) is 3.07. The SMILES string of the molecule is COOCCN1C2CC(O)CC1CC(COOC)C2. The minimum atomic E-state index is -0.168. The first-order chi connectivity index (χ1) is 9.24. The quantitative estimate of drug-likeness (QED) is 0.420. The van der Waals surface area contributed by atoms with Crippen molar-refractivity contribution in [1.29, 1.82) is 0 Å². The first-order valence-corrected chi connectivity index (χ1v) is 6.99. The molecule has 2 atom stereocenters. The van der Waals surface area contributed by atoms with E-state index >= 15 is 0 Å². The van der Waals surface area contributed by atoms with Gasteiger partial charge in [-0.15, -0.1) is 0 Å². The molecule has 112 valence electrons. The van der Waals surface area contributed by atoms with Crippen LogP contribution < -0.4 is 0 Å². The Labute approximate surface area is 114 Å². The molecule has 2 rings (SSSR count). The van der Waals surface area contributed by atoms with Crippen molar-refractivity contribution < 1.29 is 24.7 Å². The summed E-state index contributed by atoms with van der Waals surface area (Å²) in [5, 5.41) is 9.93. The average Bonchev–Trinajstić information content (AvgIpc) is 2.37. The third-order valence-electron chi connectivity index (χ3n) is 4.21. The van der Waals surface area contributed by atoms with Gasteiger partial charge in [0.05, 0.1) is 33.5 Å². The van der Waals surface area contributed by atoms with Gasteiger partial charge in [-0.2, -0.15) is 0 Å². The average molecular weight is 275 g/mol. The van der Waals surface area contributed by atoms with Crippen LogP contribution in [0, 0.1) is 5.92 Å². The molecule has 1 N–H and O–H groups in total. The molecular weight excluding hydrogens is 250 g/mol. The van der Waals surface area contributed by atoms with E-state index in [2.05, 4.69) is 9.79 Å². The molecule has 0 amide bonds. The zero-order chi connectivity index (χ0) is 13.7. The lowest BCUT2D eigenvalue weighted by atomic mass is 9.77. The van der Waals surface area contributed by atoms with Crippen LogP contribution in [-0.2, 0) is 19.6 Å². The second-order valence-electron chi connectivity index (χ2n) is 5.45. The number of hydrogen-bond acceptors (Lipinski definition) is 6. The first kappa shape index (κ1) is 15.2. The number of hydrogen-bond donors (Lipinski definition) is 1. The van der Waals surface area contributed by atoms with Crippen molar-refractivity contribution in [2.45, 2.75) is 43.9 Å². The number of rotatable bonds is 7. The maximum atomic E-state index is 9.93. The van der Waals surface area contributed by atoms with Crippen molar-refractivity contribution in [3.63, 3.8) is 0 Å². The molecule has 0 saturated carbocycles. The zero-order valence-corrected chi connectivity index (χ0v) is 11.8. The molecule has 2 aliphatic rings. The van der Waals surface area contributed by atoms with Crippen LogP contribution in [0.3, 0.4) is 0 Å². The van der Waals surface area contributed by atoms with Crippen LogP contribution in [0.1, 0.15) is 25.7 Å². The topological polar surface area (TPSA) is 60.4 Å². The summed E-state index contributed by atoms with van der Waals surface area (Å²) in [6.07, 6.45) is 3.60. The van der Waals surface area contributed by atoms with Gasteiger partial charge < -0.3 is 5.11 Å².